The van der Waals surface area contributed by atoms with Gasteiger partial charge in [0.15, 0.2) is 0 Å². The standard InChI is InChI=1S/C22H24Cl2N2O5/c1-22(10-9-14-3-6-17(30-2)7-4-14)20(28)26(21(29)25-22)12-16(27)13-31-19-11-15(23)5-8-18(19)24/h3-8,11,16,27H,9-10,12-13H2,1-2H3,(H,25,29)/t16-,22-/m0/s1. The first-order chi connectivity index (χ1) is 14.7. The second-order valence-corrected chi connectivity index (χ2v) is 8.41. The van der Waals surface area contributed by atoms with Crippen molar-refractivity contribution in [1.29, 1.82) is 0 Å². The number of amides is 3. The average molecular weight is 467 g/mol. The molecular weight excluding hydrogens is 443 g/mol. The van der Waals surface area contributed by atoms with Crippen LogP contribution in [0.15, 0.2) is 42.5 Å². The van der Waals surface area contributed by atoms with E-state index in [-0.39, 0.29) is 19.1 Å². The van der Waals surface area contributed by atoms with Crippen LogP contribution < -0.4 is 14.8 Å². The van der Waals surface area contributed by atoms with Crippen molar-refractivity contribution in [3.63, 3.8) is 0 Å². The Kier molecular flexibility index (Phi) is 7.30. The van der Waals surface area contributed by atoms with Crippen molar-refractivity contribution in [2.24, 2.45) is 0 Å². The molecule has 1 aliphatic rings. The molecule has 1 fully saturated rings. The summed E-state index contributed by atoms with van der Waals surface area (Å²) in [5.74, 6) is 0.683. The van der Waals surface area contributed by atoms with Crippen LogP contribution in [0.2, 0.25) is 10.0 Å². The highest BCUT2D eigenvalue weighted by Crippen LogP contribution is 2.28. The van der Waals surface area contributed by atoms with Crippen molar-refractivity contribution < 1.29 is 24.2 Å². The number of benzene rings is 2. The number of ether oxygens (including phenoxy) is 2. The predicted octanol–water partition coefficient (Wildman–Crippen LogP) is 3.69. The fraction of sp³-hybridized carbons (Fsp3) is 0.364. The molecule has 3 amide bonds. The molecule has 3 rings (SSSR count). The maximum absolute atomic E-state index is 12.9. The van der Waals surface area contributed by atoms with Crippen molar-refractivity contribution in [2.75, 3.05) is 20.3 Å². The molecule has 2 atom stereocenters. The van der Waals surface area contributed by atoms with Gasteiger partial charge in [0, 0.05) is 11.1 Å². The molecule has 0 bridgehead atoms. The van der Waals surface area contributed by atoms with Gasteiger partial charge in [0.05, 0.1) is 18.7 Å². The fourth-order valence-corrected chi connectivity index (χ4v) is 3.64. The lowest BCUT2D eigenvalue weighted by atomic mass is 9.93. The van der Waals surface area contributed by atoms with E-state index in [0.29, 0.717) is 28.6 Å². The highest BCUT2D eigenvalue weighted by molar-refractivity contribution is 6.34. The van der Waals surface area contributed by atoms with Crippen LogP contribution in [-0.4, -0.2) is 53.8 Å². The van der Waals surface area contributed by atoms with E-state index in [1.54, 1.807) is 26.2 Å². The Hall–Kier alpha value is -2.48. The largest absolute Gasteiger partial charge is 0.497 e. The van der Waals surface area contributed by atoms with Gasteiger partial charge in [-0.15, -0.1) is 0 Å². The number of imide groups is 1. The summed E-state index contributed by atoms with van der Waals surface area (Å²) in [6.45, 7) is 1.34. The van der Waals surface area contributed by atoms with Gasteiger partial charge < -0.3 is 19.9 Å². The molecule has 2 aromatic carbocycles. The Morgan fingerprint density at radius 3 is 2.55 bits per heavy atom. The number of hydrogen-bond acceptors (Lipinski definition) is 5. The van der Waals surface area contributed by atoms with Gasteiger partial charge in [0.25, 0.3) is 5.91 Å². The van der Waals surface area contributed by atoms with Crippen molar-refractivity contribution in [3.8, 4) is 11.5 Å². The van der Waals surface area contributed by atoms with Crippen molar-refractivity contribution in [3.05, 3.63) is 58.1 Å². The van der Waals surface area contributed by atoms with E-state index in [1.165, 1.54) is 6.07 Å². The minimum atomic E-state index is -1.09. The molecule has 0 aliphatic carbocycles. The number of nitrogens with one attached hydrogen (secondary N) is 1. The fourth-order valence-electron chi connectivity index (χ4n) is 3.31. The minimum absolute atomic E-state index is 0.153. The number of aliphatic hydroxyl groups excluding tert-OH is 1. The van der Waals surface area contributed by atoms with Gasteiger partial charge in [-0.25, -0.2) is 4.79 Å². The number of β-amino-alcohol motifs (C(OH)–C–C–N with tert-alkyl or cyclic N) is 1. The molecule has 1 aliphatic heterocycles. The van der Waals surface area contributed by atoms with E-state index in [4.69, 9.17) is 32.7 Å². The summed E-state index contributed by atoms with van der Waals surface area (Å²) in [7, 11) is 1.60. The van der Waals surface area contributed by atoms with E-state index in [9.17, 15) is 14.7 Å². The van der Waals surface area contributed by atoms with Crippen LogP contribution in [0.25, 0.3) is 0 Å². The third-order valence-corrected chi connectivity index (χ3v) is 5.68. The van der Waals surface area contributed by atoms with Crippen LogP contribution in [0.1, 0.15) is 18.9 Å². The maximum atomic E-state index is 12.9. The smallest absolute Gasteiger partial charge is 0.325 e. The van der Waals surface area contributed by atoms with E-state index < -0.39 is 17.7 Å². The van der Waals surface area contributed by atoms with Gasteiger partial charge in [0.2, 0.25) is 0 Å². The SMILES string of the molecule is COc1ccc(CC[C@]2(C)NC(=O)N(C[C@H](O)COc3cc(Cl)ccc3Cl)C2=O)cc1. The molecule has 9 heteroatoms. The number of hydrogen-bond donors (Lipinski definition) is 2. The molecule has 0 spiro atoms. The highest BCUT2D eigenvalue weighted by atomic mass is 35.5. The number of aryl methyl sites for hydroxylation is 1. The Morgan fingerprint density at radius 2 is 1.87 bits per heavy atom. The third-order valence-electron chi connectivity index (χ3n) is 5.14. The van der Waals surface area contributed by atoms with Gasteiger partial charge in [-0.05, 0) is 49.6 Å². The lowest BCUT2D eigenvalue weighted by Gasteiger charge is -2.23. The third kappa shape index (κ3) is 5.61. The lowest BCUT2D eigenvalue weighted by Crippen LogP contribution is -2.45. The number of carbonyl (C=O) groups is 2. The molecule has 7 nitrogen and oxygen atoms in total. The first-order valence-electron chi connectivity index (χ1n) is 9.75. The molecule has 2 N–H and O–H groups in total. The van der Waals surface area contributed by atoms with Crippen LogP contribution in [0, 0.1) is 0 Å². The maximum Gasteiger partial charge on any atom is 0.325 e. The second kappa shape index (κ2) is 9.77. The van der Waals surface area contributed by atoms with Crippen LogP contribution in [0.3, 0.4) is 0 Å². The molecule has 1 heterocycles. The molecule has 0 saturated carbocycles. The Labute approximate surface area is 190 Å². The van der Waals surface area contributed by atoms with Gasteiger partial charge in [-0.1, -0.05) is 35.3 Å². The van der Waals surface area contributed by atoms with Crippen LogP contribution in [0.4, 0.5) is 4.79 Å². The molecular formula is C22H24Cl2N2O5. The normalized spacial score (nSPS) is 19.3. The quantitative estimate of drug-likeness (QED) is 0.550. The second-order valence-electron chi connectivity index (χ2n) is 7.57. The first kappa shape index (κ1) is 23.2. The summed E-state index contributed by atoms with van der Waals surface area (Å²) >= 11 is 12.0. The van der Waals surface area contributed by atoms with Crippen LogP contribution in [-0.2, 0) is 11.2 Å². The number of nitrogens with zero attached hydrogens (tertiary/aromatic N) is 1. The summed E-state index contributed by atoms with van der Waals surface area (Å²) in [5.41, 5.74) is -0.0252. The number of methoxy groups -OCH3 is 1. The Morgan fingerprint density at radius 1 is 1.16 bits per heavy atom. The summed E-state index contributed by atoms with van der Waals surface area (Å²) in [5, 5.41) is 13.8. The summed E-state index contributed by atoms with van der Waals surface area (Å²) in [4.78, 5) is 26.3. The Balaban J connectivity index is 1.56. The van der Waals surface area contributed by atoms with E-state index >= 15 is 0 Å². The van der Waals surface area contributed by atoms with Crippen LogP contribution in [0.5, 0.6) is 11.5 Å². The van der Waals surface area contributed by atoms with Crippen molar-refractivity contribution in [1.82, 2.24) is 10.2 Å². The number of carbonyl (C=O) groups excluding carboxylic acids is 2. The molecule has 0 aromatic heterocycles. The van der Waals surface area contributed by atoms with Crippen LogP contribution >= 0.6 is 23.2 Å². The van der Waals surface area contributed by atoms with Gasteiger partial charge in [0.1, 0.15) is 29.7 Å². The van der Waals surface area contributed by atoms with E-state index in [1.807, 2.05) is 24.3 Å². The monoisotopic (exact) mass is 466 g/mol. The van der Waals surface area contributed by atoms with Crippen molar-refractivity contribution in [2.45, 2.75) is 31.4 Å². The molecule has 0 unspecified atom stereocenters. The number of urea groups is 1. The van der Waals surface area contributed by atoms with Gasteiger partial charge >= 0.3 is 6.03 Å². The molecule has 1 saturated heterocycles. The van der Waals surface area contributed by atoms with Crippen molar-refractivity contribution >= 4 is 35.1 Å². The van der Waals surface area contributed by atoms with Gasteiger partial charge in [-0.2, -0.15) is 0 Å². The van der Waals surface area contributed by atoms with E-state index in [0.717, 1.165) is 16.2 Å². The summed E-state index contributed by atoms with van der Waals surface area (Å²) in [6, 6.07) is 11.7. The molecule has 2 aromatic rings. The minimum Gasteiger partial charge on any atom is -0.497 e. The summed E-state index contributed by atoms with van der Waals surface area (Å²) in [6.07, 6.45) is -0.0709. The molecule has 166 valence electrons. The van der Waals surface area contributed by atoms with E-state index in [2.05, 4.69) is 5.32 Å². The first-order valence-corrected chi connectivity index (χ1v) is 10.5. The molecule has 31 heavy (non-hydrogen) atoms. The van der Waals surface area contributed by atoms with Gasteiger partial charge in [-0.3, -0.25) is 9.69 Å². The average Bonchev–Trinajstić information content (AvgIpc) is 2.96. The number of halogens is 2. The number of rotatable bonds is 9. The lowest BCUT2D eigenvalue weighted by molar-refractivity contribution is -0.132. The summed E-state index contributed by atoms with van der Waals surface area (Å²) < 4.78 is 10.6. The zero-order valence-corrected chi connectivity index (χ0v) is 18.7. The zero-order valence-electron chi connectivity index (χ0n) is 17.2. The predicted molar refractivity (Wildman–Crippen MR) is 118 cm³/mol. The zero-order chi connectivity index (χ0) is 22.6. The molecule has 0 radical (unpaired) electrons. The topological polar surface area (TPSA) is 88.1 Å². The number of aliphatic hydroxyl groups is 1. The highest BCUT2D eigenvalue weighted by Gasteiger charge is 2.47. The Bertz CT molecular complexity index is 953.